The van der Waals surface area contributed by atoms with Gasteiger partial charge < -0.3 is 4.74 Å². The van der Waals surface area contributed by atoms with Crippen LogP contribution in [0, 0.1) is 6.92 Å². The molecule has 0 radical (unpaired) electrons. The Balaban J connectivity index is 3.18. The maximum atomic E-state index is 11.9. The van der Waals surface area contributed by atoms with Gasteiger partial charge in [0.05, 0.1) is 18.5 Å². The van der Waals surface area contributed by atoms with Gasteiger partial charge in [-0.3, -0.25) is 15.3 Å². The summed E-state index contributed by atoms with van der Waals surface area (Å²) in [5, 5.41) is 3.06. The fraction of sp³-hybridized carbons (Fsp3) is 0.417. The Labute approximate surface area is 101 Å². The van der Waals surface area contributed by atoms with Gasteiger partial charge >= 0.3 is 5.97 Å². The van der Waals surface area contributed by atoms with Gasteiger partial charge in [0.2, 0.25) is 0 Å². The van der Waals surface area contributed by atoms with Crippen LogP contribution in [0.1, 0.15) is 18.3 Å². The number of ether oxygens (including phenoxy) is 1. The molecule has 17 heavy (non-hydrogen) atoms. The van der Waals surface area contributed by atoms with Crippen molar-refractivity contribution in [1.29, 1.82) is 0 Å². The first-order chi connectivity index (χ1) is 8.06. The summed E-state index contributed by atoms with van der Waals surface area (Å²) in [6, 6.07) is 0. The van der Waals surface area contributed by atoms with E-state index in [4.69, 9.17) is 4.74 Å². The molecule has 0 spiro atoms. The molecule has 0 saturated heterocycles. The number of carbonyl (C=O) groups is 1. The minimum absolute atomic E-state index is 0.400. The van der Waals surface area contributed by atoms with E-state index in [-0.39, 0.29) is 0 Å². The Hall–Kier alpha value is -1.75. The van der Waals surface area contributed by atoms with Crippen LogP contribution < -0.4 is 5.32 Å². The lowest BCUT2D eigenvalue weighted by atomic mass is 9.95. The maximum absolute atomic E-state index is 11.9. The first-order valence-electron chi connectivity index (χ1n) is 5.28. The van der Waals surface area contributed by atoms with Crippen molar-refractivity contribution in [3.8, 4) is 0 Å². The predicted molar refractivity (Wildman–Crippen MR) is 64.3 cm³/mol. The molecule has 1 atom stereocenters. The number of nitrogens with one attached hydrogen (secondary N) is 1. The van der Waals surface area contributed by atoms with Gasteiger partial charge in [0.15, 0.2) is 5.54 Å². The number of aromatic nitrogens is 2. The Morgan fingerprint density at radius 1 is 1.59 bits per heavy atom. The van der Waals surface area contributed by atoms with Gasteiger partial charge in [-0.2, -0.15) is 0 Å². The van der Waals surface area contributed by atoms with Crippen molar-refractivity contribution < 1.29 is 9.53 Å². The number of hydrogen-bond acceptors (Lipinski definition) is 5. The summed E-state index contributed by atoms with van der Waals surface area (Å²) in [5.41, 5.74) is 0.243. The van der Waals surface area contributed by atoms with E-state index < -0.39 is 11.5 Å². The summed E-state index contributed by atoms with van der Waals surface area (Å²) >= 11 is 0. The second kappa shape index (κ2) is 5.54. The zero-order valence-electron chi connectivity index (χ0n) is 10.4. The topological polar surface area (TPSA) is 64.1 Å². The molecule has 92 valence electrons. The number of nitrogens with zero attached hydrogens (tertiary/aromatic N) is 2. The molecule has 1 aromatic rings. The molecule has 1 heterocycles. The van der Waals surface area contributed by atoms with Gasteiger partial charge in [0.1, 0.15) is 0 Å². The van der Waals surface area contributed by atoms with E-state index in [1.54, 1.807) is 32.3 Å². The minimum atomic E-state index is -1.01. The molecule has 0 fully saturated rings. The highest BCUT2D eigenvalue weighted by Gasteiger charge is 2.38. The van der Waals surface area contributed by atoms with E-state index in [9.17, 15) is 4.79 Å². The van der Waals surface area contributed by atoms with Crippen molar-refractivity contribution in [1.82, 2.24) is 15.3 Å². The van der Waals surface area contributed by atoms with Crippen LogP contribution >= 0.6 is 0 Å². The van der Waals surface area contributed by atoms with Crippen molar-refractivity contribution >= 4 is 5.97 Å². The first kappa shape index (κ1) is 13.3. The summed E-state index contributed by atoms with van der Waals surface area (Å²) in [4.78, 5) is 20.3. The average Bonchev–Trinajstić information content (AvgIpc) is 2.35. The molecule has 0 bridgehead atoms. The summed E-state index contributed by atoms with van der Waals surface area (Å²) in [5.74, 6) is -0.400. The highest BCUT2D eigenvalue weighted by molar-refractivity contribution is 5.81. The zero-order chi connectivity index (χ0) is 12.9. The molecular weight excluding hydrogens is 218 g/mol. The second-order valence-corrected chi connectivity index (χ2v) is 3.78. The van der Waals surface area contributed by atoms with E-state index >= 15 is 0 Å². The lowest BCUT2D eigenvalue weighted by Crippen LogP contribution is -2.48. The van der Waals surface area contributed by atoms with Crippen LogP contribution in [0.4, 0.5) is 0 Å². The molecule has 1 unspecified atom stereocenters. The molecular formula is C12H17N3O2. The summed E-state index contributed by atoms with van der Waals surface area (Å²) < 4.78 is 4.82. The molecule has 0 saturated carbocycles. The molecule has 1 rings (SSSR count). The molecule has 0 aliphatic rings. The SMILES string of the molecule is C=CCNC(C)(C(=O)OC)c1nccnc1C. The van der Waals surface area contributed by atoms with E-state index in [1.807, 2.05) is 0 Å². The average molecular weight is 235 g/mol. The Morgan fingerprint density at radius 3 is 2.76 bits per heavy atom. The minimum Gasteiger partial charge on any atom is -0.467 e. The Kier molecular flexibility index (Phi) is 4.34. The number of carbonyl (C=O) groups excluding carboxylic acids is 1. The molecule has 5 heteroatoms. The van der Waals surface area contributed by atoms with E-state index in [0.29, 0.717) is 17.9 Å². The molecule has 0 aliphatic heterocycles. The van der Waals surface area contributed by atoms with Gasteiger partial charge in [-0.05, 0) is 13.8 Å². The molecule has 0 aromatic carbocycles. The van der Waals surface area contributed by atoms with Gasteiger partial charge in [-0.25, -0.2) is 4.79 Å². The van der Waals surface area contributed by atoms with Crippen LogP contribution in [0.15, 0.2) is 25.0 Å². The largest absolute Gasteiger partial charge is 0.467 e. The fourth-order valence-electron chi connectivity index (χ4n) is 1.63. The first-order valence-corrected chi connectivity index (χ1v) is 5.28. The third-order valence-corrected chi connectivity index (χ3v) is 2.55. The molecule has 1 aromatic heterocycles. The third kappa shape index (κ3) is 2.68. The third-order valence-electron chi connectivity index (χ3n) is 2.55. The van der Waals surface area contributed by atoms with E-state index in [0.717, 1.165) is 0 Å². The van der Waals surface area contributed by atoms with Crippen molar-refractivity contribution in [2.75, 3.05) is 13.7 Å². The van der Waals surface area contributed by atoms with Gasteiger partial charge in [-0.15, -0.1) is 6.58 Å². The Bertz CT molecular complexity index is 420. The smallest absolute Gasteiger partial charge is 0.332 e. The number of methoxy groups -OCH3 is 1. The summed E-state index contributed by atoms with van der Waals surface area (Å²) in [6.45, 7) is 7.61. The summed E-state index contributed by atoms with van der Waals surface area (Å²) in [6.07, 6.45) is 4.82. The highest BCUT2D eigenvalue weighted by atomic mass is 16.5. The number of rotatable bonds is 5. The highest BCUT2D eigenvalue weighted by Crippen LogP contribution is 2.22. The van der Waals surface area contributed by atoms with Crippen molar-refractivity contribution in [2.24, 2.45) is 0 Å². The fourth-order valence-corrected chi connectivity index (χ4v) is 1.63. The quantitative estimate of drug-likeness (QED) is 0.608. The van der Waals surface area contributed by atoms with Crippen molar-refractivity contribution in [2.45, 2.75) is 19.4 Å². The van der Waals surface area contributed by atoms with Gasteiger partial charge in [0, 0.05) is 18.9 Å². The van der Waals surface area contributed by atoms with Crippen LogP contribution in [-0.2, 0) is 15.1 Å². The molecule has 0 aliphatic carbocycles. The number of esters is 1. The number of hydrogen-bond donors (Lipinski definition) is 1. The van der Waals surface area contributed by atoms with Gasteiger partial charge in [-0.1, -0.05) is 6.08 Å². The van der Waals surface area contributed by atoms with Crippen LogP contribution in [0.3, 0.4) is 0 Å². The zero-order valence-corrected chi connectivity index (χ0v) is 10.4. The monoisotopic (exact) mass is 235 g/mol. The predicted octanol–water partition coefficient (Wildman–Crippen LogP) is 0.949. The lowest BCUT2D eigenvalue weighted by molar-refractivity contribution is -0.148. The molecule has 5 nitrogen and oxygen atoms in total. The van der Waals surface area contributed by atoms with Crippen molar-refractivity contribution in [3.63, 3.8) is 0 Å². The van der Waals surface area contributed by atoms with Crippen LogP contribution in [-0.4, -0.2) is 29.6 Å². The Morgan fingerprint density at radius 2 is 2.24 bits per heavy atom. The summed E-state index contributed by atoms with van der Waals surface area (Å²) in [7, 11) is 1.35. The van der Waals surface area contributed by atoms with E-state index in [2.05, 4.69) is 21.9 Å². The van der Waals surface area contributed by atoms with Crippen LogP contribution in [0.2, 0.25) is 0 Å². The maximum Gasteiger partial charge on any atom is 0.332 e. The normalized spacial score (nSPS) is 13.8. The standard InChI is InChI=1S/C12H17N3O2/c1-5-6-15-12(3,11(16)17-4)10-9(2)13-7-8-14-10/h5,7-8,15H,1,6H2,2-4H3. The number of aryl methyl sites for hydroxylation is 1. The van der Waals surface area contributed by atoms with Crippen molar-refractivity contribution in [3.05, 3.63) is 36.4 Å². The van der Waals surface area contributed by atoms with Crippen LogP contribution in [0.25, 0.3) is 0 Å². The molecule has 0 amide bonds. The van der Waals surface area contributed by atoms with Gasteiger partial charge in [0.25, 0.3) is 0 Å². The second-order valence-electron chi connectivity index (χ2n) is 3.78. The van der Waals surface area contributed by atoms with E-state index in [1.165, 1.54) is 7.11 Å². The lowest BCUT2D eigenvalue weighted by Gasteiger charge is -2.27. The van der Waals surface area contributed by atoms with Crippen LogP contribution in [0.5, 0.6) is 0 Å². The molecule has 1 N–H and O–H groups in total.